The van der Waals surface area contributed by atoms with Gasteiger partial charge in [-0.2, -0.15) is 0 Å². The summed E-state index contributed by atoms with van der Waals surface area (Å²) in [6.07, 6.45) is 4.50. The van der Waals surface area contributed by atoms with Crippen LogP contribution in [0.15, 0.2) is 72.4 Å². The number of carbonyl (C=O) groups excluding carboxylic acids is 2. The minimum atomic E-state index is -0.139. The molecule has 0 aliphatic heterocycles. The lowest BCUT2D eigenvalue weighted by atomic mass is 10.1. The number of fused-ring (bicyclic) bond motifs is 1. The molecule has 0 fully saturated rings. The third-order valence-electron chi connectivity index (χ3n) is 4.44. The van der Waals surface area contributed by atoms with Crippen LogP contribution in [0.2, 0.25) is 0 Å². The van der Waals surface area contributed by atoms with Crippen molar-refractivity contribution in [3.63, 3.8) is 0 Å². The number of nitrogens with one attached hydrogen (secondary N) is 2. The van der Waals surface area contributed by atoms with Crippen LogP contribution in [0.25, 0.3) is 16.2 Å². The summed E-state index contributed by atoms with van der Waals surface area (Å²) in [6, 6.07) is 17.1. The van der Waals surface area contributed by atoms with E-state index >= 15 is 0 Å². The first kappa shape index (κ1) is 18.9. The summed E-state index contributed by atoms with van der Waals surface area (Å²) >= 11 is 1.59. The van der Waals surface area contributed by atoms with E-state index in [9.17, 15) is 9.59 Å². The monoisotopic (exact) mass is 404 g/mol. The van der Waals surface area contributed by atoms with Crippen LogP contribution in [0.4, 0.5) is 5.69 Å². The number of hydrogen-bond acceptors (Lipinski definition) is 4. The number of thiazole rings is 1. The number of amides is 2. The number of benzene rings is 2. The Hall–Kier alpha value is -3.45. The topological polar surface area (TPSA) is 75.5 Å². The van der Waals surface area contributed by atoms with Crippen LogP contribution in [0, 0.1) is 0 Å². The number of nitrogens with zero attached hydrogens (tertiary/aromatic N) is 2. The standard InChI is InChI=1S/C22H20N4O2S/c27-20(10-11-23-21(28)14-16-4-2-1-3-5-16)24-18-8-6-17(7-9-18)19-15-26-12-13-29-22(26)25-19/h1-9,12-13,15H,10-11,14H2,(H,23,28)(H,24,27). The van der Waals surface area contributed by atoms with E-state index in [0.29, 0.717) is 13.0 Å². The molecule has 2 heterocycles. The van der Waals surface area contributed by atoms with Crippen LogP contribution < -0.4 is 10.6 Å². The molecule has 0 aliphatic rings. The normalized spacial score (nSPS) is 10.8. The van der Waals surface area contributed by atoms with E-state index in [1.54, 1.807) is 11.3 Å². The summed E-state index contributed by atoms with van der Waals surface area (Å²) in [6.45, 7) is 0.307. The molecular formula is C22H20N4O2S. The molecule has 0 bridgehead atoms. The maximum Gasteiger partial charge on any atom is 0.226 e. The number of carbonyl (C=O) groups is 2. The Kier molecular flexibility index (Phi) is 5.67. The van der Waals surface area contributed by atoms with Crippen molar-refractivity contribution in [2.75, 3.05) is 11.9 Å². The molecule has 29 heavy (non-hydrogen) atoms. The summed E-state index contributed by atoms with van der Waals surface area (Å²) in [7, 11) is 0. The molecule has 0 saturated heterocycles. The minimum Gasteiger partial charge on any atom is -0.355 e. The molecule has 0 unspecified atom stereocenters. The Balaban J connectivity index is 1.24. The molecule has 2 N–H and O–H groups in total. The second-order valence-electron chi connectivity index (χ2n) is 6.61. The molecule has 0 aliphatic carbocycles. The Bertz CT molecular complexity index is 1090. The van der Waals surface area contributed by atoms with Gasteiger partial charge in [0, 0.05) is 42.0 Å². The van der Waals surface area contributed by atoms with Gasteiger partial charge in [0.2, 0.25) is 11.8 Å². The molecule has 6 nitrogen and oxygen atoms in total. The summed E-state index contributed by atoms with van der Waals surface area (Å²) < 4.78 is 1.99. The van der Waals surface area contributed by atoms with Gasteiger partial charge in [-0.3, -0.25) is 14.0 Å². The maximum absolute atomic E-state index is 12.1. The third kappa shape index (κ3) is 4.89. The van der Waals surface area contributed by atoms with Gasteiger partial charge in [-0.25, -0.2) is 4.98 Å². The van der Waals surface area contributed by atoms with Gasteiger partial charge in [0.15, 0.2) is 4.96 Å². The molecule has 2 amide bonds. The van der Waals surface area contributed by atoms with Gasteiger partial charge in [0.25, 0.3) is 0 Å². The van der Waals surface area contributed by atoms with Crippen molar-refractivity contribution in [3.8, 4) is 11.3 Å². The minimum absolute atomic E-state index is 0.0895. The first-order valence-electron chi connectivity index (χ1n) is 9.30. The first-order chi connectivity index (χ1) is 14.2. The molecule has 0 radical (unpaired) electrons. The number of imidazole rings is 1. The molecule has 4 aromatic rings. The lowest BCUT2D eigenvalue weighted by Crippen LogP contribution is -2.28. The molecular weight excluding hydrogens is 384 g/mol. The second kappa shape index (κ2) is 8.70. The van der Waals surface area contributed by atoms with Crippen LogP contribution in [-0.4, -0.2) is 27.7 Å². The van der Waals surface area contributed by atoms with E-state index in [0.717, 1.165) is 27.5 Å². The number of aromatic nitrogens is 2. The van der Waals surface area contributed by atoms with E-state index in [-0.39, 0.29) is 18.2 Å². The van der Waals surface area contributed by atoms with Crippen molar-refractivity contribution >= 4 is 33.8 Å². The predicted molar refractivity (Wildman–Crippen MR) is 115 cm³/mol. The predicted octanol–water partition coefficient (Wildman–Crippen LogP) is 3.75. The average molecular weight is 404 g/mol. The SMILES string of the molecule is O=C(Cc1ccccc1)NCCC(=O)Nc1ccc(-c2cn3ccsc3n2)cc1. The Morgan fingerprint density at radius 3 is 2.55 bits per heavy atom. The highest BCUT2D eigenvalue weighted by atomic mass is 32.1. The van der Waals surface area contributed by atoms with E-state index < -0.39 is 0 Å². The van der Waals surface area contributed by atoms with Gasteiger partial charge >= 0.3 is 0 Å². The lowest BCUT2D eigenvalue weighted by Gasteiger charge is -2.07. The van der Waals surface area contributed by atoms with Gasteiger partial charge in [0.05, 0.1) is 12.1 Å². The van der Waals surface area contributed by atoms with Crippen LogP contribution in [0.5, 0.6) is 0 Å². The van der Waals surface area contributed by atoms with Gasteiger partial charge < -0.3 is 10.6 Å². The van der Waals surface area contributed by atoms with E-state index in [1.807, 2.05) is 76.8 Å². The molecule has 0 spiro atoms. The molecule has 0 atom stereocenters. The van der Waals surface area contributed by atoms with Crippen molar-refractivity contribution in [2.45, 2.75) is 12.8 Å². The van der Waals surface area contributed by atoms with Gasteiger partial charge in [-0.15, -0.1) is 11.3 Å². The molecule has 2 aromatic heterocycles. The highest BCUT2D eigenvalue weighted by Gasteiger charge is 2.08. The summed E-state index contributed by atoms with van der Waals surface area (Å²) in [4.78, 5) is 29.6. The van der Waals surface area contributed by atoms with Crippen molar-refractivity contribution in [2.24, 2.45) is 0 Å². The zero-order valence-electron chi connectivity index (χ0n) is 15.7. The molecule has 2 aromatic carbocycles. The zero-order chi connectivity index (χ0) is 20.1. The lowest BCUT2D eigenvalue weighted by molar-refractivity contribution is -0.120. The number of hydrogen-bond donors (Lipinski definition) is 2. The fraction of sp³-hybridized carbons (Fsp3) is 0.136. The van der Waals surface area contributed by atoms with Crippen molar-refractivity contribution < 1.29 is 9.59 Å². The second-order valence-corrected chi connectivity index (χ2v) is 7.48. The number of rotatable bonds is 7. The summed E-state index contributed by atoms with van der Waals surface area (Å²) in [5, 5.41) is 7.63. The van der Waals surface area contributed by atoms with Crippen LogP contribution in [-0.2, 0) is 16.0 Å². The largest absolute Gasteiger partial charge is 0.355 e. The maximum atomic E-state index is 12.1. The van der Waals surface area contributed by atoms with Crippen LogP contribution in [0.3, 0.4) is 0 Å². The quantitative estimate of drug-likeness (QED) is 0.493. The fourth-order valence-electron chi connectivity index (χ4n) is 2.97. The molecule has 146 valence electrons. The fourth-order valence-corrected chi connectivity index (χ4v) is 3.67. The number of anilines is 1. The highest BCUT2D eigenvalue weighted by molar-refractivity contribution is 7.15. The van der Waals surface area contributed by atoms with E-state index in [4.69, 9.17) is 0 Å². The zero-order valence-corrected chi connectivity index (χ0v) is 16.5. The smallest absolute Gasteiger partial charge is 0.226 e. The van der Waals surface area contributed by atoms with Gasteiger partial charge in [-0.05, 0) is 17.7 Å². The van der Waals surface area contributed by atoms with E-state index in [1.165, 1.54) is 0 Å². The summed E-state index contributed by atoms with van der Waals surface area (Å²) in [5.41, 5.74) is 3.56. The molecule has 0 saturated carbocycles. The first-order valence-corrected chi connectivity index (χ1v) is 10.2. The third-order valence-corrected chi connectivity index (χ3v) is 5.21. The average Bonchev–Trinajstić information content (AvgIpc) is 3.31. The van der Waals surface area contributed by atoms with Crippen molar-refractivity contribution in [3.05, 3.63) is 77.9 Å². The Morgan fingerprint density at radius 2 is 1.79 bits per heavy atom. The van der Waals surface area contributed by atoms with Gasteiger partial charge in [-0.1, -0.05) is 42.5 Å². The van der Waals surface area contributed by atoms with Gasteiger partial charge in [0.1, 0.15) is 0 Å². The summed E-state index contributed by atoms with van der Waals surface area (Å²) in [5.74, 6) is -0.228. The molecule has 4 rings (SSSR count). The van der Waals surface area contributed by atoms with Crippen LogP contribution >= 0.6 is 11.3 Å². The van der Waals surface area contributed by atoms with Crippen molar-refractivity contribution in [1.82, 2.24) is 14.7 Å². The van der Waals surface area contributed by atoms with Crippen molar-refractivity contribution in [1.29, 1.82) is 0 Å². The van der Waals surface area contributed by atoms with Crippen LogP contribution in [0.1, 0.15) is 12.0 Å². The van der Waals surface area contributed by atoms with E-state index in [2.05, 4.69) is 15.6 Å². The Labute approximate surface area is 172 Å². The molecule has 7 heteroatoms. The Morgan fingerprint density at radius 1 is 1.00 bits per heavy atom. The highest BCUT2D eigenvalue weighted by Crippen LogP contribution is 2.23.